The van der Waals surface area contributed by atoms with Crippen LogP contribution < -0.4 is 10.6 Å². The summed E-state index contributed by atoms with van der Waals surface area (Å²) < 4.78 is 5.57. The molecule has 164 valence electrons. The van der Waals surface area contributed by atoms with Gasteiger partial charge >= 0.3 is 0 Å². The van der Waals surface area contributed by atoms with Crippen LogP contribution in [0.3, 0.4) is 0 Å². The summed E-state index contributed by atoms with van der Waals surface area (Å²) in [6, 6.07) is 0. The molecule has 0 aromatic rings. The summed E-state index contributed by atoms with van der Waals surface area (Å²) in [5.74, 6) is 1.77. The van der Waals surface area contributed by atoms with Crippen LogP contribution in [0.25, 0.3) is 0 Å². The fraction of sp³-hybridized carbons (Fsp3) is 0.895. The van der Waals surface area contributed by atoms with Gasteiger partial charge in [-0.15, -0.1) is 24.0 Å². The Morgan fingerprint density at radius 3 is 2.46 bits per heavy atom. The summed E-state index contributed by atoms with van der Waals surface area (Å²) in [5, 5.41) is 6.94. The van der Waals surface area contributed by atoms with Crippen molar-refractivity contribution in [3.05, 3.63) is 0 Å². The molecular formula is C19H38IN5O2S. The molecule has 1 amide bonds. The Morgan fingerprint density at radius 1 is 1.18 bits per heavy atom. The maximum absolute atomic E-state index is 11.9. The number of likely N-dealkylation sites (N-methyl/N-ethyl adjacent to an activating group) is 1. The molecule has 2 aliphatic rings. The summed E-state index contributed by atoms with van der Waals surface area (Å²) in [5.41, 5.74) is 0.176. The molecule has 2 N–H and O–H groups in total. The summed E-state index contributed by atoms with van der Waals surface area (Å²) in [4.78, 5) is 20.7. The van der Waals surface area contributed by atoms with Crippen molar-refractivity contribution in [1.29, 1.82) is 0 Å². The average Bonchev–Trinajstić information content (AvgIpc) is 2.70. The second-order valence-corrected chi connectivity index (χ2v) is 8.60. The third-order valence-corrected chi connectivity index (χ3v) is 6.13. The molecular weight excluding hydrogens is 489 g/mol. The molecule has 1 aliphatic carbocycles. The number of ether oxygens (including phenoxy) is 1. The monoisotopic (exact) mass is 527 g/mol. The van der Waals surface area contributed by atoms with Gasteiger partial charge in [-0.25, -0.2) is 4.99 Å². The molecule has 0 spiro atoms. The minimum atomic E-state index is 0. The molecule has 9 heteroatoms. The van der Waals surface area contributed by atoms with E-state index in [9.17, 15) is 4.79 Å². The number of rotatable bonds is 8. The maximum Gasteiger partial charge on any atom is 0.243 e. The predicted molar refractivity (Wildman–Crippen MR) is 129 cm³/mol. The first-order chi connectivity index (χ1) is 13.1. The Hall–Kier alpha value is -0.260. The third kappa shape index (κ3) is 8.23. The summed E-state index contributed by atoms with van der Waals surface area (Å²) in [7, 11) is 3.53. The zero-order chi connectivity index (χ0) is 19.5. The number of halogens is 1. The van der Waals surface area contributed by atoms with E-state index in [4.69, 9.17) is 4.74 Å². The number of hydrogen-bond acceptors (Lipinski definition) is 5. The van der Waals surface area contributed by atoms with E-state index in [1.165, 1.54) is 32.1 Å². The van der Waals surface area contributed by atoms with Gasteiger partial charge in [-0.2, -0.15) is 11.8 Å². The van der Waals surface area contributed by atoms with Gasteiger partial charge in [0.05, 0.1) is 13.2 Å². The van der Waals surface area contributed by atoms with E-state index in [1.807, 2.05) is 0 Å². The van der Waals surface area contributed by atoms with E-state index in [-0.39, 0.29) is 42.0 Å². The Kier molecular flexibility index (Phi) is 12.8. The zero-order valence-electron chi connectivity index (χ0n) is 17.7. The van der Waals surface area contributed by atoms with Crippen molar-refractivity contribution in [2.24, 2.45) is 4.99 Å². The highest BCUT2D eigenvalue weighted by Gasteiger charge is 2.38. The minimum Gasteiger partial charge on any atom is -0.379 e. The van der Waals surface area contributed by atoms with Crippen molar-refractivity contribution in [3.63, 3.8) is 0 Å². The number of guanidine groups is 1. The fourth-order valence-corrected chi connectivity index (χ4v) is 4.14. The van der Waals surface area contributed by atoms with Crippen LogP contribution in [0.5, 0.6) is 0 Å². The molecule has 1 aliphatic heterocycles. The van der Waals surface area contributed by atoms with E-state index < -0.39 is 0 Å². The van der Waals surface area contributed by atoms with E-state index in [1.54, 1.807) is 30.8 Å². The number of carbonyl (C=O) groups is 1. The lowest BCUT2D eigenvalue weighted by Gasteiger charge is -2.48. The van der Waals surface area contributed by atoms with Crippen LogP contribution in [0, 0.1) is 0 Å². The second kappa shape index (κ2) is 13.9. The Labute approximate surface area is 191 Å². The van der Waals surface area contributed by atoms with Gasteiger partial charge in [0.1, 0.15) is 6.54 Å². The lowest BCUT2D eigenvalue weighted by Crippen LogP contribution is -2.60. The molecule has 2 fully saturated rings. The first kappa shape index (κ1) is 25.8. The van der Waals surface area contributed by atoms with Crippen LogP contribution in [0.4, 0.5) is 0 Å². The topological polar surface area (TPSA) is 69.2 Å². The lowest BCUT2D eigenvalue weighted by atomic mass is 9.80. The van der Waals surface area contributed by atoms with Crippen LogP contribution in [0.2, 0.25) is 0 Å². The van der Waals surface area contributed by atoms with Crippen LogP contribution in [-0.2, 0) is 9.53 Å². The van der Waals surface area contributed by atoms with Gasteiger partial charge in [-0.3, -0.25) is 9.69 Å². The molecule has 0 atom stereocenters. The largest absolute Gasteiger partial charge is 0.379 e. The molecule has 0 aromatic carbocycles. The first-order valence-corrected chi connectivity index (χ1v) is 11.5. The molecule has 0 aromatic heterocycles. The average molecular weight is 528 g/mol. The third-order valence-electron chi connectivity index (χ3n) is 5.52. The number of hydrogen-bond donors (Lipinski definition) is 2. The highest BCUT2D eigenvalue weighted by Crippen LogP contribution is 2.33. The molecule has 1 saturated carbocycles. The van der Waals surface area contributed by atoms with Crippen molar-refractivity contribution in [1.82, 2.24) is 20.4 Å². The zero-order valence-corrected chi connectivity index (χ0v) is 20.8. The molecule has 7 nitrogen and oxygen atoms in total. The summed E-state index contributed by atoms with van der Waals surface area (Å²) in [6.45, 7) is 5.55. The van der Waals surface area contributed by atoms with Crippen molar-refractivity contribution >= 4 is 47.6 Å². The molecule has 0 unspecified atom stereocenters. The van der Waals surface area contributed by atoms with Gasteiger partial charge in [-0.1, -0.05) is 19.3 Å². The smallest absolute Gasteiger partial charge is 0.243 e. The van der Waals surface area contributed by atoms with Crippen LogP contribution in [-0.4, -0.2) is 99.2 Å². The SMILES string of the molecule is CSCCNC(=NCC(=O)N(C)C)NCC1(N2CCOCC2)CCCCC1.I. The van der Waals surface area contributed by atoms with Gasteiger partial charge in [0.25, 0.3) is 0 Å². The van der Waals surface area contributed by atoms with Gasteiger partial charge in [0.15, 0.2) is 5.96 Å². The lowest BCUT2D eigenvalue weighted by molar-refractivity contribution is -0.127. The minimum absolute atomic E-state index is 0. The Morgan fingerprint density at radius 2 is 1.86 bits per heavy atom. The van der Waals surface area contributed by atoms with Crippen LogP contribution in [0.15, 0.2) is 4.99 Å². The number of carbonyl (C=O) groups excluding carboxylic acids is 1. The molecule has 28 heavy (non-hydrogen) atoms. The number of nitrogens with zero attached hydrogens (tertiary/aromatic N) is 3. The number of aliphatic imine (C=N–C) groups is 1. The Bertz CT molecular complexity index is 481. The van der Waals surface area contributed by atoms with Gasteiger partial charge < -0.3 is 20.3 Å². The molecule has 2 rings (SSSR count). The van der Waals surface area contributed by atoms with Crippen molar-refractivity contribution in [2.75, 3.05) is 72.0 Å². The summed E-state index contributed by atoms with van der Waals surface area (Å²) >= 11 is 1.80. The number of thioether (sulfide) groups is 1. The van der Waals surface area contributed by atoms with E-state index in [2.05, 4.69) is 26.8 Å². The van der Waals surface area contributed by atoms with Gasteiger partial charge in [0.2, 0.25) is 5.91 Å². The number of nitrogens with one attached hydrogen (secondary N) is 2. The highest BCUT2D eigenvalue weighted by atomic mass is 127. The van der Waals surface area contributed by atoms with Crippen LogP contribution >= 0.6 is 35.7 Å². The van der Waals surface area contributed by atoms with Crippen molar-refractivity contribution in [3.8, 4) is 0 Å². The van der Waals surface area contributed by atoms with Gasteiger partial charge in [-0.05, 0) is 19.1 Å². The molecule has 1 saturated heterocycles. The highest BCUT2D eigenvalue weighted by molar-refractivity contribution is 14.0. The van der Waals surface area contributed by atoms with E-state index in [0.29, 0.717) is 0 Å². The molecule has 1 heterocycles. The van der Waals surface area contributed by atoms with E-state index in [0.717, 1.165) is 51.1 Å². The standard InChI is InChI=1S/C19H37N5O2S.HI/c1-23(2)17(25)15-21-18(20-9-14-27-3)22-16-19(7-5-4-6-8-19)24-10-12-26-13-11-24;/h4-16H2,1-3H3,(H2,20,21,22);1H. The first-order valence-electron chi connectivity index (χ1n) is 10.1. The quantitative estimate of drug-likeness (QED) is 0.217. The van der Waals surface area contributed by atoms with Crippen LogP contribution in [0.1, 0.15) is 32.1 Å². The Balaban J connectivity index is 0.00000392. The number of morpholine rings is 1. The second-order valence-electron chi connectivity index (χ2n) is 7.61. The normalized spacial score (nSPS) is 20.2. The van der Waals surface area contributed by atoms with Gasteiger partial charge in [0, 0.05) is 51.6 Å². The maximum atomic E-state index is 11.9. The fourth-order valence-electron chi connectivity index (χ4n) is 3.83. The number of amides is 1. The van der Waals surface area contributed by atoms with Crippen molar-refractivity contribution in [2.45, 2.75) is 37.6 Å². The van der Waals surface area contributed by atoms with Crippen molar-refractivity contribution < 1.29 is 9.53 Å². The predicted octanol–water partition coefficient (Wildman–Crippen LogP) is 1.63. The van der Waals surface area contributed by atoms with E-state index >= 15 is 0 Å². The summed E-state index contributed by atoms with van der Waals surface area (Å²) in [6.07, 6.45) is 8.42. The molecule has 0 radical (unpaired) electrons. The molecule has 0 bridgehead atoms.